The molecule has 0 aromatic heterocycles. The van der Waals surface area contributed by atoms with Crippen LogP contribution in [0.3, 0.4) is 0 Å². The zero-order valence-corrected chi connectivity index (χ0v) is 23.6. The maximum atomic E-state index is 12.2. The zero-order chi connectivity index (χ0) is 26.8. The van der Waals surface area contributed by atoms with Crippen molar-refractivity contribution in [2.75, 3.05) is 20.8 Å². The summed E-state index contributed by atoms with van der Waals surface area (Å²) in [6.07, 6.45) is 18.8. The highest BCUT2D eigenvalue weighted by molar-refractivity contribution is 7.87. The van der Waals surface area contributed by atoms with E-state index in [0.29, 0.717) is 6.42 Å². The van der Waals surface area contributed by atoms with Gasteiger partial charge in [-0.25, -0.2) is 0 Å². The number of likely N-dealkylation sites (N-methyl/N-ethyl adjacent to an activating group) is 1. The number of carboxylic acids is 1. The number of nitrogens with one attached hydrogen (secondary N) is 1. The molecule has 0 bridgehead atoms. The molecular weight excluding hydrogens is 468 g/mol. The number of hydrogen-bond acceptors (Lipinski definition) is 5. The molecule has 0 radical (unpaired) electrons. The molecule has 0 aliphatic heterocycles. The van der Waals surface area contributed by atoms with Crippen molar-refractivity contribution in [1.29, 1.82) is 0 Å². The number of aliphatic carboxylic acids is 1. The topological polar surface area (TPSA) is 124 Å². The second kappa shape index (κ2) is 18.1. The Bertz CT molecular complexity index is 696. The number of carbonyl (C=O) groups excluding carboxylic acids is 2. The summed E-state index contributed by atoms with van der Waals surface area (Å²) in [7, 11) is -2.27. The van der Waals surface area contributed by atoms with Crippen molar-refractivity contribution in [2.45, 2.75) is 134 Å². The summed E-state index contributed by atoms with van der Waals surface area (Å²) >= 11 is 0. The fourth-order valence-electron chi connectivity index (χ4n) is 4.70. The lowest BCUT2D eigenvalue weighted by atomic mass is 10.0. The number of amides is 1. The van der Waals surface area contributed by atoms with Crippen molar-refractivity contribution < 1.29 is 32.1 Å². The molecule has 0 aromatic carbocycles. The molecule has 0 heterocycles. The molecule has 208 valence electrons. The summed E-state index contributed by atoms with van der Waals surface area (Å²) in [5.41, 5.74) is 0. The van der Waals surface area contributed by atoms with Crippen LogP contribution in [-0.4, -0.2) is 55.0 Å². The molecular formula is C26H52N2O6S. The third-order valence-corrected chi connectivity index (χ3v) is 8.71. The van der Waals surface area contributed by atoms with E-state index in [4.69, 9.17) is 0 Å². The van der Waals surface area contributed by atoms with Crippen LogP contribution < -0.4 is 10.4 Å². The minimum absolute atomic E-state index is 0.211. The van der Waals surface area contributed by atoms with E-state index in [-0.39, 0.29) is 25.4 Å². The molecule has 9 heteroatoms. The van der Waals surface area contributed by atoms with E-state index in [2.05, 4.69) is 12.2 Å². The van der Waals surface area contributed by atoms with Gasteiger partial charge in [-0.3, -0.25) is 13.8 Å². The first-order valence-corrected chi connectivity index (χ1v) is 15.2. The molecule has 0 saturated carbocycles. The van der Waals surface area contributed by atoms with Gasteiger partial charge in [0.05, 0.1) is 14.1 Å². The van der Waals surface area contributed by atoms with Crippen LogP contribution in [0.15, 0.2) is 0 Å². The van der Waals surface area contributed by atoms with Gasteiger partial charge < -0.3 is 15.2 Å². The van der Waals surface area contributed by atoms with E-state index in [1.54, 1.807) is 6.92 Å². The Morgan fingerprint density at radius 2 is 1.17 bits per heavy atom. The average Bonchev–Trinajstić information content (AvgIpc) is 2.77. The lowest BCUT2D eigenvalue weighted by Crippen LogP contribution is -2.73. The van der Waals surface area contributed by atoms with Gasteiger partial charge in [-0.05, 0) is 12.8 Å². The van der Waals surface area contributed by atoms with Crippen molar-refractivity contribution in [3.8, 4) is 0 Å². The molecule has 0 saturated heterocycles. The second-order valence-electron chi connectivity index (χ2n) is 10.4. The van der Waals surface area contributed by atoms with Gasteiger partial charge in [0.1, 0.15) is 5.97 Å². The van der Waals surface area contributed by atoms with E-state index < -0.39 is 25.4 Å². The van der Waals surface area contributed by atoms with Gasteiger partial charge in [0.2, 0.25) is 5.91 Å². The van der Waals surface area contributed by atoms with Crippen LogP contribution in [0.2, 0.25) is 0 Å². The Balaban J connectivity index is 4.05. The van der Waals surface area contributed by atoms with Crippen LogP contribution in [0.4, 0.5) is 0 Å². The molecule has 0 aromatic rings. The Labute approximate surface area is 214 Å². The van der Waals surface area contributed by atoms with Crippen LogP contribution in [0, 0.1) is 0 Å². The fourth-order valence-corrected chi connectivity index (χ4v) is 6.06. The molecule has 0 fully saturated rings. The van der Waals surface area contributed by atoms with Crippen molar-refractivity contribution in [1.82, 2.24) is 5.32 Å². The summed E-state index contributed by atoms with van der Waals surface area (Å²) in [4.78, 5) is 21.5. The highest BCUT2D eigenvalue weighted by atomic mass is 32.2. The van der Waals surface area contributed by atoms with Crippen molar-refractivity contribution in [2.24, 2.45) is 0 Å². The predicted molar refractivity (Wildman–Crippen MR) is 139 cm³/mol. The van der Waals surface area contributed by atoms with Crippen LogP contribution >= 0.6 is 0 Å². The number of unbranched alkanes of at least 4 members (excludes halogenated alkanes) is 14. The largest absolute Gasteiger partial charge is 0.543 e. The van der Waals surface area contributed by atoms with Gasteiger partial charge in [0.15, 0.2) is 6.67 Å². The summed E-state index contributed by atoms with van der Waals surface area (Å²) in [6.45, 7) is 3.62. The molecule has 1 atom stereocenters. The number of rotatable bonds is 23. The molecule has 1 amide bonds. The quantitative estimate of drug-likeness (QED) is 0.0883. The third kappa shape index (κ3) is 12.6. The molecule has 2 N–H and O–H groups in total. The normalized spacial score (nSPS) is 14.0. The summed E-state index contributed by atoms with van der Waals surface area (Å²) < 4.78 is 33.1. The van der Waals surface area contributed by atoms with E-state index in [9.17, 15) is 27.7 Å². The van der Waals surface area contributed by atoms with E-state index in [1.165, 1.54) is 91.1 Å². The number of carboxylic acid groups (broad SMARTS) is 1. The lowest BCUT2D eigenvalue weighted by Gasteiger charge is -2.46. The minimum Gasteiger partial charge on any atom is -0.543 e. The van der Waals surface area contributed by atoms with Crippen LogP contribution in [0.5, 0.6) is 0 Å². The average molecular weight is 521 g/mol. The lowest BCUT2D eigenvalue weighted by molar-refractivity contribution is -0.921. The molecule has 8 nitrogen and oxygen atoms in total. The zero-order valence-electron chi connectivity index (χ0n) is 22.8. The van der Waals surface area contributed by atoms with E-state index in [1.807, 2.05) is 0 Å². The number of carbonyl (C=O) groups is 2. The van der Waals surface area contributed by atoms with Crippen molar-refractivity contribution >= 4 is 22.0 Å². The maximum Gasteiger partial charge on any atom is 0.328 e. The highest BCUT2D eigenvalue weighted by Gasteiger charge is 2.57. The number of quaternary nitrogens is 1. The van der Waals surface area contributed by atoms with Crippen LogP contribution in [0.25, 0.3) is 0 Å². The Morgan fingerprint density at radius 1 is 0.771 bits per heavy atom. The van der Waals surface area contributed by atoms with E-state index in [0.717, 1.165) is 19.3 Å². The Kier molecular flexibility index (Phi) is 17.5. The van der Waals surface area contributed by atoms with Gasteiger partial charge in [0, 0.05) is 12.8 Å². The van der Waals surface area contributed by atoms with Gasteiger partial charge in [0.25, 0.3) is 4.87 Å². The smallest absolute Gasteiger partial charge is 0.328 e. The highest BCUT2D eigenvalue weighted by Crippen LogP contribution is 2.31. The standard InChI is InChI=1S/C26H52N2O6S/c1-5-7-8-9-10-11-12-13-14-15-16-17-18-19-20-21-24(29)27-23-28(3,4)26(22-6-2,25(30)31)35(32,33)34/h5-23H2,1-4H3,(H2-,27,29,30,31,32,33,34). The first-order valence-electron chi connectivity index (χ1n) is 13.7. The van der Waals surface area contributed by atoms with Gasteiger partial charge >= 0.3 is 10.1 Å². The van der Waals surface area contributed by atoms with Gasteiger partial charge in [-0.2, -0.15) is 8.42 Å². The molecule has 1 unspecified atom stereocenters. The maximum absolute atomic E-state index is 12.2. The molecule has 0 rings (SSSR count). The van der Waals surface area contributed by atoms with Crippen LogP contribution in [0.1, 0.15) is 129 Å². The summed E-state index contributed by atoms with van der Waals surface area (Å²) in [5, 5.41) is 14.4. The van der Waals surface area contributed by atoms with Gasteiger partial charge in [-0.1, -0.05) is 104 Å². The third-order valence-electron chi connectivity index (χ3n) is 6.99. The molecule has 0 aliphatic carbocycles. The van der Waals surface area contributed by atoms with Crippen molar-refractivity contribution in [3.05, 3.63) is 0 Å². The monoisotopic (exact) mass is 520 g/mol. The minimum atomic E-state index is -4.98. The Hall–Kier alpha value is -1.19. The first-order chi connectivity index (χ1) is 16.5. The first kappa shape index (κ1) is 33.8. The SMILES string of the molecule is CCCCCCCCCCCCCCCCCC(=O)NC[N+](C)(C)C(CCC)(C(=O)[O-])S(=O)(=O)O. The summed E-state index contributed by atoms with van der Waals surface area (Å²) in [5.74, 6) is -2.13. The van der Waals surface area contributed by atoms with E-state index >= 15 is 0 Å². The molecule has 0 aliphatic rings. The van der Waals surface area contributed by atoms with Gasteiger partial charge in [-0.15, -0.1) is 0 Å². The number of hydrogen-bond donors (Lipinski definition) is 2. The molecule has 35 heavy (non-hydrogen) atoms. The summed E-state index contributed by atoms with van der Waals surface area (Å²) in [6, 6.07) is 0. The molecule has 0 spiro atoms. The predicted octanol–water partition coefficient (Wildman–Crippen LogP) is 4.53. The van der Waals surface area contributed by atoms with Crippen molar-refractivity contribution in [3.63, 3.8) is 0 Å². The van der Waals surface area contributed by atoms with Crippen LogP contribution in [-0.2, 0) is 19.7 Å². The second-order valence-corrected chi connectivity index (χ2v) is 12.1. The number of nitrogens with zero attached hydrogens (tertiary/aromatic N) is 1. The Morgan fingerprint density at radius 3 is 1.51 bits per heavy atom. The fraction of sp³-hybridized carbons (Fsp3) is 0.923.